The van der Waals surface area contributed by atoms with Gasteiger partial charge in [-0.15, -0.1) is 0 Å². The van der Waals surface area contributed by atoms with Gasteiger partial charge in [-0.1, -0.05) is 0 Å². The van der Waals surface area contributed by atoms with E-state index in [0.717, 1.165) is 12.2 Å². The van der Waals surface area contributed by atoms with Crippen molar-refractivity contribution in [1.82, 2.24) is 5.43 Å². The molecular weight excluding hydrogens is 354 g/mol. The standard InChI is InChI=1S/C15H10F6N2O2/c16-14(17,18)9-5-8(6-10(7-9)15(19,20)21)12-3-1-11(25-12)2-4-13(24)23-22/h1-7H,22H2,(H,23,24)/b4-2+. The summed E-state index contributed by atoms with van der Waals surface area (Å²) in [6.07, 6.45) is -7.77. The highest BCUT2D eigenvalue weighted by atomic mass is 19.4. The molecule has 0 saturated heterocycles. The maximum atomic E-state index is 12.8. The number of hydrogen-bond donors (Lipinski definition) is 2. The largest absolute Gasteiger partial charge is 0.457 e. The molecular formula is C15H10F6N2O2. The third kappa shape index (κ3) is 4.63. The number of halogens is 6. The molecule has 2 aromatic rings. The Hall–Kier alpha value is -2.75. The maximum Gasteiger partial charge on any atom is 0.416 e. The molecule has 0 aliphatic rings. The van der Waals surface area contributed by atoms with Crippen LogP contribution in [0.3, 0.4) is 0 Å². The summed E-state index contributed by atoms with van der Waals surface area (Å²) in [7, 11) is 0. The molecule has 0 atom stereocenters. The van der Waals surface area contributed by atoms with E-state index in [9.17, 15) is 31.1 Å². The quantitative estimate of drug-likeness (QED) is 0.285. The van der Waals surface area contributed by atoms with Gasteiger partial charge in [0.25, 0.3) is 5.91 Å². The van der Waals surface area contributed by atoms with Gasteiger partial charge in [-0.25, -0.2) is 5.84 Å². The van der Waals surface area contributed by atoms with Crippen molar-refractivity contribution in [1.29, 1.82) is 0 Å². The minimum Gasteiger partial charge on any atom is -0.457 e. The van der Waals surface area contributed by atoms with E-state index >= 15 is 0 Å². The number of hydrogen-bond acceptors (Lipinski definition) is 3. The van der Waals surface area contributed by atoms with Crippen LogP contribution in [0.1, 0.15) is 16.9 Å². The second-order valence-corrected chi connectivity index (χ2v) is 4.84. The van der Waals surface area contributed by atoms with Crippen LogP contribution in [0, 0.1) is 0 Å². The second-order valence-electron chi connectivity index (χ2n) is 4.84. The predicted octanol–water partition coefficient (Wildman–Crippen LogP) is 3.99. The number of furan rings is 1. The van der Waals surface area contributed by atoms with Crippen LogP contribution in [0.5, 0.6) is 0 Å². The summed E-state index contributed by atoms with van der Waals surface area (Å²) in [4.78, 5) is 11.0. The third-order valence-corrected chi connectivity index (χ3v) is 3.04. The van der Waals surface area contributed by atoms with Crippen LogP contribution in [-0.2, 0) is 17.1 Å². The van der Waals surface area contributed by atoms with Gasteiger partial charge in [-0.05, 0) is 36.4 Å². The van der Waals surface area contributed by atoms with Crippen molar-refractivity contribution >= 4 is 12.0 Å². The highest BCUT2D eigenvalue weighted by Crippen LogP contribution is 2.38. The second kappa shape index (κ2) is 6.63. The molecule has 10 heteroatoms. The fraction of sp³-hybridized carbons (Fsp3) is 0.133. The molecule has 0 saturated carbocycles. The lowest BCUT2D eigenvalue weighted by Crippen LogP contribution is -2.27. The lowest BCUT2D eigenvalue weighted by molar-refractivity contribution is -0.143. The first kappa shape index (κ1) is 18.6. The summed E-state index contributed by atoms with van der Waals surface area (Å²) >= 11 is 0. The molecule has 0 fully saturated rings. The number of amides is 1. The van der Waals surface area contributed by atoms with Gasteiger partial charge < -0.3 is 4.42 Å². The summed E-state index contributed by atoms with van der Waals surface area (Å²) in [5.41, 5.74) is -1.49. The van der Waals surface area contributed by atoms with Gasteiger partial charge in [0.1, 0.15) is 11.5 Å². The molecule has 1 aromatic heterocycles. The molecule has 2 rings (SSSR count). The van der Waals surface area contributed by atoms with Gasteiger partial charge in [0, 0.05) is 11.6 Å². The average Bonchev–Trinajstić information content (AvgIpc) is 2.99. The van der Waals surface area contributed by atoms with Crippen molar-refractivity contribution < 1.29 is 35.6 Å². The van der Waals surface area contributed by atoms with Crippen LogP contribution in [0.25, 0.3) is 17.4 Å². The van der Waals surface area contributed by atoms with Crippen LogP contribution in [0.2, 0.25) is 0 Å². The molecule has 0 aliphatic heterocycles. The lowest BCUT2D eigenvalue weighted by atomic mass is 10.0. The Morgan fingerprint density at radius 1 is 1.00 bits per heavy atom. The first-order valence-electron chi connectivity index (χ1n) is 6.59. The van der Waals surface area contributed by atoms with E-state index in [0.29, 0.717) is 12.1 Å². The highest BCUT2D eigenvalue weighted by Gasteiger charge is 2.37. The molecule has 3 N–H and O–H groups in total. The number of carbonyl (C=O) groups excluding carboxylic acids is 1. The minimum atomic E-state index is -4.95. The van der Waals surface area contributed by atoms with E-state index in [-0.39, 0.29) is 17.6 Å². The SMILES string of the molecule is NNC(=O)/C=C/c1ccc(-c2cc(C(F)(F)F)cc(C(F)(F)F)c2)o1. The zero-order valence-corrected chi connectivity index (χ0v) is 12.2. The molecule has 1 aromatic carbocycles. The Kier molecular flexibility index (Phi) is 4.93. The smallest absolute Gasteiger partial charge is 0.416 e. The van der Waals surface area contributed by atoms with Crippen LogP contribution in [-0.4, -0.2) is 5.91 Å². The van der Waals surface area contributed by atoms with E-state index in [4.69, 9.17) is 10.3 Å². The molecule has 4 nitrogen and oxygen atoms in total. The lowest BCUT2D eigenvalue weighted by Gasteiger charge is -2.13. The van der Waals surface area contributed by atoms with Gasteiger partial charge in [0.05, 0.1) is 11.1 Å². The third-order valence-electron chi connectivity index (χ3n) is 3.04. The van der Waals surface area contributed by atoms with Crippen molar-refractivity contribution in [3.63, 3.8) is 0 Å². The monoisotopic (exact) mass is 364 g/mol. The molecule has 25 heavy (non-hydrogen) atoms. The number of nitrogens with one attached hydrogen (secondary N) is 1. The van der Waals surface area contributed by atoms with Crippen LogP contribution in [0.15, 0.2) is 40.8 Å². The number of carbonyl (C=O) groups is 1. The molecule has 1 amide bonds. The Labute approximate surface area is 136 Å². The molecule has 0 bridgehead atoms. The van der Waals surface area contributed by atoms with Crippen molar-refractivity contribution in [2.75, 3.05) is 0 Å². The van der Waals surface area contributed by atoms with E-state index < -0.39 is 35.0 Å². The number of rotatable bonds is 3. The summed E-state index contributed by atoms with van der Waals surface area (Å²) in [5, 5.41) is 0. The zero-order valence-electron chi connectivity index (χ0n) is 12.2. The fourth-order valence-electron chi connectivity index (χ4n) is 1.90. The highest BCUT2D eigenvalue weighted by molar-refractivity contribution is 5.90. The zero-order chi connectivity index (χ0) is 18.8. The van der Waals surface area contributed by atoms with Crippen LogP contribution >= 0.6 is 0 Å². The van der Waals surface area contributed by atoms with E-state index in [1.54, 1.807) is 5.43 Å². The Balaban J connectivity index is 2.47. The topological polar surface area (TPSA) is 68.3 Å². The average molecular weight is 364 g/mol. The van der Waals surface area contributed by atoms with Gasteiger partial charge in [-0.2, -0.15) is 26.3 Å². The van der Waals surface area contributed by atoms with Crippen LogP contribution < -0.4 is 11.3 Å². The first-order valence-corrected chi connectivity index (χ1v) is 6.59. The molecule has 0 radical (unpaired) electrons. The normalized spacial score (nSPS) is 12.6. The summed E-state index contributed by atoms with van der Waals surface area (Å²) in [6, 6.07) is 3.60. The summed E-state index contributed by atoms with van der Waals surface area (Å²) < 4.78 is 82.2. The van der Waals surface area contributed by atoms with E-state index in [1.165, 1.54) is 12.1 Å². The van der Waals surface area contributed by atoms with Gasteiger partial charge in [0.15, 0.2) is 0 Å². The van der Waals surface area contributed by atoms with E-state index in [2.05, 4.69) is 0 Å². The van der Waals surface area contributed by atoms with Crippen molar-refractivity contribution in [2.24, 2.45) is 5.84 Å². The number of nitrogens with two attached hydrogens (primary N) is 1. The molecule has 0 spiro atoms. The molecule has 134 valence electrons. The molecule has 0 unspecified atom stereocenters. The number of benzene rings is 1. The Morgan fingerprint density at radius 3 is 2.04 bits per heavy atom. The van der Waals surface area contributed by atoms with Crippen LogP contribution in [0.4, 0.5) is 26.3 Å². The molecule has 0 aliphatic carbocycles. The minimum absolute atomic E-state index is 0.0266. The maximum absolute atomic E-state index is 12.8. The number of alkyl halides is 6. The molecule has 1 heterocycles. The summed E-state index contributed by atoms with van der Waals surface area (Å²) in [6.45, 7) is 0. The predicted molar refractivity (Wildman–Crippen MR) is 75.5 cm³/mol. The fourth-order valence-corrected chi connectivity index (χ4v) is 1.90. The van der Waals surface area contributed by atoms with Crippen molar-refractivity contribution in [3.8, 4) is 11.3 Å². The van der Waals surface area contributed by atoms with Gasteiger partial charge in [0.2, 0.25) is 0 Å². The van der Waals surface area contributed by atoms with Gasteiger partial charge in [-0.3, -0.25) is 10.2 Å². The first-order chi connectivity index (χ1) is 11.5. The Bertz CT molecular complexity index is 773. The Morgan fingerprint density at radius 2 is 1.56 bits per heavy atom. The van der Waals surface area contributed by atoms with Crippen molar-refractivity contribution in [3.05, 3.63) is 53.3 Å². The van der Waals surface area contributed by atoms with Gasteiger partial charge >= 0.3 is 12.4 Å². The number of hydrazine groups is 1. The van der Waals surface area contributed by atoms with Crippen molar-refractivity contribution in [2.45, 2.75) is 12.4 Å². The van der Waals surface area contributed by atoms with E-state index in [1.807, 2.05) is 0 Å². The summed E-state index contributed by atoms with van der Waals surface area (Å²) in [5.74, 6) is 4.01.